The van der Waals surface area contributed by atoms with E-state index in [1.165, 1.54) is 10.9 Å². The summed E-state index contributed by atoms with van der Waals surface area (Å²) in [7, 11) is -1.73. The molecule has 2 aromatic rings. The number of nitrogens with zero attached hydrogens (tertiary/aromatic N) is 4. The first-order valence-electron chi connectivity index (χ1n) is 7.32. The van der Waals surface area contributed by atoms with Gasteiger partial charge in [-0.05, 0) is 25.3 Å². The lowest BCUT2D eigenvalue weighted by molar-refractivity contribution is 0.244. The summed E-state index contributed by atoms with van der Waals surface area (Å²) in [5.74, 6) is 0. The first kappa shape index (κ1) is 15.2. The molecular formula is C14H21N5O2S. The van der Waals surface area contributed by atoms with Crippen LogP contribution >= 0.6 is 0 Å². The zero-order valence-corrected chi connectivity index (χ0v) is 13.9. The lowest BCUT2D eigenvalue weighted by Crippen LogP contribution is -2.44. The van der Waals surface area contributed by atoms with Gasteiger partial charge in [0.25, 0.3) is 0 Å². The maximum absolute atomic E-state index is 12.6. The Kier molecular flexibility index (Phi) is 3.60. The molecule has 0 atom stereocenters. The van der Waals surface area contributed by atoms with Crippen LogP contribution in [-0.4, -0.2) is 45.8 Å². The van der Waals surface area contributed by atoms with Crippen LogP contribution in [0.5, 0.6) is 0 Å². The first-order chi connectivity index (χ1) is 10.3. The van der Waals surface area contributed by atoms with Gasteiger partial charge in [-0.2, -0.15) is 14.5 Å². The van der Waals surface area contributed by atoms with E-state index in [0.717, 1.165) is 24.1 Å². The average molecular weight is 323 g/mol. The minimum absolute atomic E-state index is 0.0540. The molecule has 1 aliphatic rings. The van der Waals surface area contributed by atoms with E-state index in [4.69, 9.17) is 0 Å². The monoisotopic (exact) mass is 323 g/mol. The van der Waals surface area contributed by atoms with Crippen molar-refractivity contribution in [2.75, 3.05) is 13.1 Å². The minimum atomic E-state index is -3.45. The van der Waals surface area contributed by atoms with Gasteiger partial charge >= 0.3 is 0 Å². The van der Waals surface area contributed by atoms with E-state index in [2.05, 4.69) is 22.2 Å². The molecule has 120 valence electrons. The summed E-state index contributed by atoms with van der Waals surface area (Å²) in [6.45, 7) is 5.21. The smallest absolute Gasteiger partial charge is 0.246 e. The molecule has 0 spiro atoms. The Hall–Kier alpha value is -1.67. The third kappa shape index (κ3) is 2.46. The topological polar surface area (TPSA) is 83.9 Å². The van der Waals surface area contributed by atoms with Crippen molar-refractivity contribution in [2.45, 2.75) is 37.0 Å². The quantitative estimate of drug-likeness (QED) is 0.920. The Morgan fingerprint density at radius 2 is 1.95 bits per heavy atom. The fourth-order valence-electron chi connectivity index (χ4n) is 3.11. The lowest BCUT2D eigenvalue weighted by Gasteiger charge is -2.38. The summed E-state index contributed by atoms with van der Waals surface area (Å²) < 4.78 is 28.3. The number of aromatic nitrogens is 4. The molecule has 1 N–H and O–H groups in total. The molecule has 3 rings (SSSR count). The van der Waals surface area contributed by atoms with E-state index < -0.39 is 10.0 Å². The molecule has 0 bridgehead atoms. The highest BCUT2D eigenvalue weighted by atomic mass is 32.2. The van der Waals surface area contributed by atoms with Gasteiger partial charge in [-0.3, -0.25) is 9.78 Å². The van der Waals surface area contributed by atoms with Crippen LogP contribution in [0.3, 0.4) is 0 Å². The number of nitrogens with one attached hydrogen (secondary N) is 1. The van der Waals surface area contributed by atoms with Crippen LogP contribution in [0.2, 0.25) is 0 Å². The van der Waals surface area contributed by atoms with Crippen molar-refractivity contribution >= 4 is 10.0 Å². The van der Waals surface area contributed by atoms with Crippen molar-refractivity contribution in [2.24, 2.45) is 7.05 Å². The predicted molar refractivity (Wildman–Crippen MR) is 81.9 cm³/mol. The Morgan fingerprint density at radius 3 is 2.45 bits per heavy atom. The van der Waals surface area contributed by atoms with Crippen molar-refractivity contribution in [3.8, 4) is 0 Å². The molecular weight excluding hydrogens is 302 g/mol. The van der Waals surface area contributed by atoms with Crippen molar-refractivity contribution in [1.29, 1.82) is 0 Å². The van der Waals surface area contributed by atoms with Crippen LogP contribution in [0, 0.1) is 6.92 Å². The summed E-state index contributed by atoms with van der Waals surface area (Å²) in [5, 5.41) is 11.1. The van der Waals surface area contributed by atoms with Gasteiger partial charge in [-0.15, -0.1) is 0 Å². The van der Waals surface area contributed by atoms with Gasteiger partial charge in [0.2, 0.25) is 10.0 Å². The Bertz CT molecular complexity index is 769. The van der Waals surface area contributed by atoms with E-state index >= 15 is 0 Å². The van der Waals surface area contributed by atoms with Gasteiger partial charge in [0.05, 0.1) is 12.4 Å². The van der Waals surface area contributed by atoms with Gasteiger partial charge in [0, 0.05) is 37.4 Å². The second-order valence-corrected chi connectivity index (χ2v) is 8.18. The van der Waals surface area contributed by atoms with Crippen LogP contribution in [0.4, 0.5) is 0 Å². The van der Waals surface area contributed by atoms with Crippen molar-refractivity contribution < 1.29 is 8.42 Å². The maximum atomic E-state index is 12.6. The molecule has 0 saturated carbocycles. The second kappa shape index (κ2) is 5.20. The van der Waals surface area contributed by atoms with Crippen LogP contribution in [0.15, 0.2) is 23.5 Å². The SMILES string of the molecule is Cc1cn[nH]c1C1(C)CCN(S(=O)(=O)c2cnn(C)c2)CC1. The van der Waals surface area contributed by atoms with Crippen LogP contribution < -0.4 is 0 Å². The normalized spacial score (nSPS) is 19.4. The number of H-pyrrole nitrogens is 1. The fourth-order valence-corrected chi connectivity index (χ4v) is 4.54. The summed E-state index contributed by atoms with van der Waals surface area (Å²) in [6.07, 6.45) is 6.31. The van der Waals surface area contributed by atoms with Crippen molar-refractivity contribution in [1.82, 2.24) is 24.3 Å². The first-order valence-corrected chi connectivity index (χ1v) is 8.76. The molecule has 0 aliphatic carbocycles. The van der Waals surface area contributed by atoms with Gasteiger partial charge in [-0.1, -0.05) is 6.92 Å². The number of aromatic amines is 1. The number of hydrogen-bond donors (Lipinski definition) is 1. The van der Waals surface area contributed by atoms with Crippen LogP contribution in [0.25, 0.3) is 0 Å². The minimum Gasteiger partial charge on any atom is -0.282 e. The van der Waals surface area contributed by atoms with Crippen LogP contribution in [-0.2, 0) is 22.5 Å². The number of aryl methyl sites for hydroxylation is 2. The standard InChI is InChI=1S/C14H21N5O2S/c1-11-8-15-17-13(11)14(2)4-6-19(7-5-14)22(20,21)12-9-16-18(3)10-12/h8-10H,4-7H2,1-3H3,(H,15,17). The van der Waals surface area contributed by atoms with Gasteiger partial charge in [-0.25, -0.2) is 8.42 Å². The van der Waals surface area contributed by atoms with E-state index in [1.54, 1.807) is 17.5 Å². The molecule has 7 nitrogen and oxygen atoms in total. The largest absolute Gasteiger partial charge is 0.282 e. The highest BCUT2D eigenvalue weighted by Gasteiger charge is 2.38. The molecule has 0 radical (unpaired) electrons. The number of piperidine rings is 1. The number of hydrogen-bond acceptors (Lipinski definition) is 4. The van der Waals surface area contributed by atoms with Gasteiger partial charge < -0.3 is 0 Å². The zero-order valence-electron chi connectivity index (χ0n) is 13.1. The Labute approximate surface area is 130 Å². The van der Waals surface area contributed by atoms with Crippen molar-refractivity contribution in [3.63, 3.8) is 0 Å². The highest BCUT2D eigenvalue weighted by molar-refractivity contribution is 7.89. The molecule has 0 amide bonds. The Morgan fingerprint density at radius 1 is 1.27 bits per heavy atom. The van der Waals surface area contributed by atoms with E-state index in [0.29, 0.717) is 13.1 Å². The molecule has 2 aromatic heterocycles. The van der Waals surface area contributed by atoms with Crippen LogP contribution in [0.1, 0.15) is 31.0 Å². The lowest BCUT2D eigenvalue weighted by atomic mass is 9.77. The molecule has 22 heavy (non-hydrogen) atoms. The molecule has 0 aromatic carbocycles. The molecule has 1 fully saturated rings. The van der Waals surface area contributed by atoms with Gasteiger partial charge in [0.1, 0.15) is 4.90 Å². The summed E-state index contributed by atoms with van der Waals surface area (Å²) in [4.78, 5) is 0.260. The second-order valence-electron chi connectivity index (χ2n) is 6.24. The molecule has 1 saturated heterocycles. The molecule has 1 aliphatic heterocycles. The van der Waals surface area contributed by atoms with E-state index in [9.17, 15) is 8.42 Å². The maximum Gasteiger partial charge on any atom is 0.246 e. The Balaban J connectivity index is 1.78. The van der Waals surface area contributed by atoms with Crippen molar-refractivity contribution in [3.05, 3.63) is 29.8 Å². The third-order valence-corrected chi connectivity index (χ3v) is 6.43. The number of rotatable bonds is 3. The molecule has 8 heteroatoms. The average Bonchev–Trinajstić information content (AvgIpc) is 3.08. The summed E-state index contributed by atoms with van der Waals surface area (Å²) in [6, 6.07) is 0. The number of sulfonamides is 1. The zero-order chi connectivity index (χ0) is 16.0. The molecule has 0 unspecified atom stereocenters. The summed E-state index contributed by atoms with van der Waals surface area (Å²) in [5.41, 5.74) is 2.19. The third-order valence-electron chi connectivity index (χ3n) is 4.58. The molecule has 3 heterocycles. The van der Waals surface area contributed by atoms with E-state index in [1.807, 2.05) is 13.1 Å². The highest BCUT2D eigenvalue weighted by Crippen LogP contribution is 2.36. The fraction of sp³-hybridized carbons (Fsp3) is 0.571. The summed E-state index contributed by atoms with van der Waals surface area (Å²) >= 11 is 0. The predicted octanol–water partition coefficient (Wildman–Crippen LogP) is 1.19. The van der Waals surface area contributed by atoms with Gasteiger partial charge in [0.15, 0.2) is 0 Å². The van der Waals surface area contributed by atoms with E-state index in [-0.39, 0.29) is 10.3 Å².